The summed E-state index contributed by atoms with van der Waals surface area (Å²) in [5.41, 5.74) is 0.272. The van der Waals surface area contributed by atoms with E-state index in [1.54, 1.807) is 40.2 Å². The number of hydrogen-bond donors (Lipinski definition) is 0. The molecule has 1 fully saturated rings. The Balaban J connectivity index is 1.56. The van der Waals surface area contributed by atoms with E-state index in [1.807, 2.05) is 12.3 Å². The first kappa shape index (κ1) is 15.8. The number of rotatable bonds is 3. The highest BCUT2D eigenvalue weighted by atomic mass is 19.1. The van der Waals surface area contributed by atoms with Crippen molar-refractivity contribution in [3.63, 3.8) is 0 Å². The van der Waals surface area contributed by atoms with E-state index in [1.165, 1.54) is 4.40 Å². The zero-order valence-corrected chi connectivity index (χ0v) is 13.6. The molecule has 4 heterocycles. The average molecular weight is 343 g/mol. The molecule has 0 aliphatic carbocycles. The number of aromatic nitrogens is 4. The highest BCUT2D eigenvalue weighted by molar-refractivity contribution is 5.93. The van der Waals surface area contributed by atoms with Gasteiger partial charge in [0.15, 0.2) is 5.69 Å². The molecule has 3 aromatic rings. The van der Waals surface area contributed by atoms with Crippen LogP contribution in [0.1, 0.15) is 16.9 Å². The number of ether oxygens (including phenoxy) is 1. The third-order valence-corrected chi connectivity index (χ3v) is 4.26. The fourth-order valence-electron chi connectivity index (χ4n) is 3.06. The van der Waals surface area contributed by atoms with Crippen LogP contribution in [-0.2, 0) is 11.3 Å². The Morgan fingerprint density at radius 3 is 3.04 bits per heavy atom. The Kier molecular flexibility index (Phi) is 4.19. The molecular weight excluding hydrogens is 325 g/mol. The van der Waals surface area contributed by atoms with Crippen LogP contribution in [0, 0.1) is 5.95 Å². The molecule has 0 saturated carbocycles. The normalized spacial score (nSPS) is 18.4. The quantitative estimate of drug-likeness (QED) is 0.725. The Morgan fingerprint density at radius 2 is 2.24 bits per heavy atom. The molecule has 0 unspecified atom stereocenters. The van der Waals surface area contributed by atoms with E-state index in [9.17, 15) is 9.18 Å². The maximum Gasteiger partial charge on any atom is 0.277 e. The number of nitrogens with zero attached hydrogens (tertiary/aromatic N) is 5. The zero-order chi connectivity index (χ0) is 17.2. The minimum absolute atomic E-state index is 0.147. The number of hydrogen-bond acceptors (Lipinski definition) is 4. The summed E-state index contributed by atoms with van der Waals surface area (Å²) in [5, 5.41) is 4.17. The van der Waals surface area contributed by atoms with Gasteiger partial charge in [0.05, 0.1) is 12.6 Å². The molecular formula is C17H18FN5O2. The van der Waals surface area contributed by atoms with Gasteiger partial charge < -0.3 is 9.64 Å². The lowest BCUT2D eigenvalue weighted by Gasteiger charge is -2.23. The summed E-state index contributed by atoms with van der Waals surface area (Å²) >= 11 is 0. The monoisotopic (exact) mass is 343 g/mol. The predicted molar refractivity (Wildman–Crippen MR) is 87.6 cm³/mol. The number of halogens is 1. The highest BCUT2D eigenvalue weighted by Crippen LogP contribution is 2.16. The van der Waals surface area contributed by atoms with Gasteiger partial charge in [-0.05, 0) is 24.6 Å². The van der Waals surface area contributed by atoms with Gasteiger partial charge in [0, 0.05) is 38.3 Å². The molecule has 8 heteroatoms. The van der Waals surface area contributed by atoms with Crippen molar-refractivity contribution in [2.45, 2.75) is 19.1 Å². The van der Waals surface area contributed by atoms with Gasteiger partial charge in [0.2, 0.25) is 5.95 Å². The second kappa shape index (κ2) is 6.64. The van der Waals surface area contributed by atoms with Crippen molar-refractivity contribution in [3.05, 3.63) is 54.5 Å². The molecule has 25 heavy (non-hydrogen) atoms. The first-order chi connectivity index (χ1) is 12.2. The topological polar surface area (TPSA) is 64.7 Å². The van der Waals surface area contributed by atoms with E-state index in [2.05, 4.69) is 10.1 Å². The second-order valence-corrected chi connectivity index (χ2v) is 6.01. The van der Waals surface area contributed by atoms with E-state index in [0.717, 1.165) is 0 Å². The molecule has 1 atom stereocenters. The summed E-state index contributed by atoms with van der Waals surface area (Å²) in [6, 6.07) is 6.97. The average Bonchev–Trinajstić information content (AvgIpc) is 3.17. The fraction of sp³-hybridized carbons (Fsp3) is 0.353. The van der Waals surface area contributed by atoms with Crippen LogP contribution in [0.25, 0.3) is 5.65 Å². The van der Waals surface area contributed by atoms with Gasteiger partial charge in [0.25, 0.3) is 5.91 Å². The number of amides is 1. The Labute approximate surface area is 143 Å². The van der Waals surface area contributed by atoms with Gasteiger partial charge >= 0.3 is 0 Å². The number of fused-ring (bicyclic) bond motifs is 1. The third-order valence-electron chi connectivity index (χ3n) is 4.26. The molecule has 4 rings (SSSR count). The summed E-state index contributed by atoms with van der Waals surface area (Å²) in [4.78, 5) is 18.6. The first-order valence-electron chi connectivity index (χ1n) is 8.23. The second-order valence-electron chi connectivity index (χ2n) is 6.01. The molecule has 0 bridgehead atoms. The van der Waals surface area contributed by atoms with Gasteiger partial charge in [-0.25, -0.2) is 4.98 Å². The van der Waals surface area contributed by atoms with Crippen LogP contribution in [-0.4, -0.2) is 55.8 Å². The Bertz CT molecular complexity index is 876. The van der Waals surface area contributed by atoms with Crippen LogP contribution in [0.2, 0.25) is 0 Å². The summed E-state index contributed by atoms with van der Waals surface area (Å²) < 4.78 is 23.4. The van der Waals surface area contributed by atoms with Crippen molar-refractivity contribution in [1.82, 2.24) is 24.1 Å². The minimum Gasteiger partial charge on any atom is -0.374 e. The molecule has 0 radical (unpaired) electrons. The lowest BCUT2D eigenvalue weighted by atomic mass is 10.3. The van der Waals surface area contributed by atoms with E-state index < -0.39 is 11.9 Å². The van der Waals surface area contributed by atoms with Gasteiger partial charge in [-0.15, -0.1) is 0 Å². The zero-order valence-electron chi connectivity index (χ0n) is 13.6. The Morgan fingerprint density at radius 1 is 1.32 bits per heavy atom. The molecule has 0 spiro atoms. The maximum absolute atomic E-state index is 14.5. The third kappa shape index (κ3) is 3.12. The molecule has 1 amide bonds. The van der Waals surface area contributed by atoms with Gasteiger partial charge in [-0.1, -0.05) is 6.07 Å². The van der Waals surface area contributed by atoms with Crippen molar-refractivity contribution in [3.8, 4) is 0 Å². The summed E-state index contributed by atoms with van der Waals surface area (Å²) in [5.74, 6) is -1.04. The highest BCUT2D eigenvalue weighted by Gasteiger charge is 2.28. The van der Waals surface area contributed by atoms with E-state index in [0.29, 0.717) is 38.3 Å². The lowest BCUT2D eigenvalue weighted by molar-refractivity contribution is 0.0364. The van der Waals surface area contributed by atoms with Crippen molar-refractivity contribution >= 4 is 11.6 Å². The molecule has 1 saturated heterocycles. The first-order valence-corrected chi connectivity index (χ1v) is 8.23. The molecule has 1 aliphatic rings. The number of pyridine rings is 1. The van der Waals surface area contributed by atoms with Crippen LogP contribution >= 0.6 is 0 Å². The predicted octanol–water partition coefficient (Wildman–Crippen LogP) is 1.60. The summed E-state index contributed by atoms with van der Waals surface area (Å²) in [6.07, 6.45) is 5.62. The standard InChI is InChI=1S/C17H18FN5O2/c18-16-15(20-14-5-1-2-9-23(14)16)17(24)21-7-4-10-25-13(11-21)12-22-8-3-6-19-22/h1-3,5-6,8-9,13H,4,7,10-12H2/t13-/m0/s1. The van der Waals surface area contributed by atoms with Crippen molar-refractivity contribution in [2.75, 3.05) is 19.7 Å². The largest absolute Gasteiger partial charge is 0.374 e. The van der Waals surface area contributed by atoms with E-state index >= 15 is 0 Å². The van der Waals surface area contributed by atoms with Gasteiger partial charge in [-0.3, -0.25) is 13.9 Å². The molecule has 7 nitrogen and oxygen atoms in total. The number of carbonyl (C=O) groups is 1. The molecule has 0 N–H and O–H groups in total. The minimum atomic E-state index is -0.630. The SMILES string of the molecule is O=C(c1nc2ccccn2c1F)N1CCCO[C@H](Cn2cccn2)C1. The lowest BCUT2D eigenvalue weighted by Crippen LogP contribution is -2.39. The Hall–Kier alpha value is -2.74. The van der Waals surface area contributed by atoms with Crippen LogP contribution < -0.4 is 0 Å². The van der Waals surface area contributed by atoms with Crippen molar-refractivity contribution < 1.29 is 13.9 Å². The summed E-state index contributed by atoms with van der Waals surface area (Å²) in [7, 11) is 0. The molecule has 3 aromatic heterocycles. The van der Waals surface area contributed by atoms with Crippen molar-refractivity contribution in [1.29, 1.82) is 0 Å². The van der Waals surface area contributed by atoms with E-state index in [-0.39, 0.29) is 11.8 Å². The fourth-order valence-corrected chi connectivity index (χ4v) is 3.06. The van der Waals surface area contributed by atoms with Crippen LogP contribution in [0.4, 0.5) is 4.39 Å². The molecule has 1 aliphatic heterocycles. The maximum atomic E-state index is 14.5. The van der Waals surface area contributed by atoms with Gasteiger partial charge in [-0.2, -0.15) is 9.49 Å². The smallest absolute Gasteiger partial charge is 0.277 e. The van der Waals surface area contributed by atoms with Gasteiger partial charge in [0.1, 0.15) is 5.65 Å². The number of carbonyl (C=O) groups excluding carboxylic acids is 1. The van der Waals surface area contributed by atoms with Crippen LogP contribution in [0.5, 0.6) is 0 Å². The molecule has 0 aromatic carbocycles. The van der Waals surface area contributed by atoms with Crippen LogP contribution in [0.15, 0.2) is 42.9 Å². The van der Waals surface area contributed by atoms with Crippen LogP contribution in [0.3, 0.4) is 0 Å². The van der Waals surface area contributed by atoms with Crippen molar-refractivity contribution in [2.24, 2.45) is 0 Å². The number of imidazole rings is 1. The molecule has 130 valence electrons. The summed E-state index contributed by atoms with van der Waals surface area (Å²) in [6.45, 7) is 2.00. The van der Waals surface area contributed by atoms with E-state index in [4.69, 9.17) is 4.74 Å².